The fourth-order valence-electron chi connectivity index (χ4n) is 3.19. The second-order valence-electron chi connectivity index (χ2n) is 6.20. The van der Waals surface area contributed by atoms with Crippen molar-refractivity contribution in [2.45, 2.75) is 18.5 Å². The monoisotopic (exact) mass is 320 g/mol. The summed E-state index contributed by atoms with van der Waals surface area (Å²) >= 11 is 0. The van der Waals surface area contributed by atoms with Gasteiger partial charge in [0.05, 0.1) is 12.1 Å². The third-order valence-corrected chi connectivity index (χ3v) is 4.51. The van der Waals surface area contributed by atoms with Crippen molar-refractivity contribution < 1.29 is 4.79 Å². The van der Waals surface area contributed by atoms with Gasteiger partial charge in [-0.2, -0.15) is 5.10 Å². The summed E-state index contributed by atoms with van der Waals surface area (Å²) < 4.78 is 0. The first-order valence-electron chi connectivity index (χ1n) is 8.28. The Kier molecular flexibility index (Phi) is 3.91. The summed E-state index contributed by atoms with van der Waals surface area (Å²) in [6.45, 7) is 1.42. The van der Waals surface area contributed by atoms with Crippen molar-refractivity contribution in [1.82, 2.24) is 9.91 Å². The normalized spacial score (nSPS) is 20.1. The van der Waals surface area contributed by atoms with E-state index in [0.717, 1.165) is 17.7 Å². The standard InChI is InChI=1S/C19H20N4O/c24-19(22-13-17(14-22)21-16-9-5-2-6-10-16)23-18(11-12-20-23)15-7-3-1-4-8-15/h1-10,12,17-18,21H,11,13-14H2. The summed E-state index contributed by atoms with van der Waals surface area (Å²) in [5.41, 5.74) is 2.22. The fourth-order valence-corrected chi connectivity index (χ4v) is 3.19. The smallest absolute Gasteiger partial charge is 0.341 e. The van der Waals surface area contributed by atoms with E-state index in [2.05, 4.69) is 22.6 Å². The van der Waals surface area contributed by atoms with Crippen LogP contribution in [0.1, 0.15) is 18.0 Å². The highest BCUT2D eigenvalue weighted by Crippen LogP contribution is 2.30. The van der Waals surface area contributed by atoms with Gasteiger partial charge in [-0.15, -0.1) is 0 Å². The molecular weight excluding hydrogens is 300 g/mol. The predicted molar refractivity (Wildman–Crippen MR) is 95.0 cm³/mol. The average molecular weight is 320 g/mol. The van der Waals surface area contributed by atoms with Gasteiger partial charge in [0, 0.05) is 31.4 Å². The molecular formula is C19H20N4O. The number of amides is 2. The molecule has 2 aliphatic rings. The summed E-state index contributed by atoms with van der Waals surface area (Å²) in [5, 5.41) is 9.37. The van der Waals surface area contributed by atoms with Gasteiger partial charge in [-0.25, -0.2) is 9.80 Å². The maximum Gasteiger partial charge on any atom is 0.341 e. The van der Waals surface area contributed by atoms with E-state index in [1.165, 1.54) is 0 Å². The molecule has 2 aromatic rings. The number of carbonyl (C=O) groups excluding carboxylic acids is 1. The molecule has 2 aliphatic heterocycles. The Morgan fingerprint density at radius 1 is 1.00 bits per heavy atom. The molecule has 4 rings (SSSR count). The van der Waals surface area contributed by atoms with Crippen LogP contribution in [0, 0.1) is 0 Å². The Bertz CT molecular complexity index is 726. The van der Waals surface area contributed by atoms with E-state index in [4.69, 9.17) is 0 Å². The van der Waals surface area contributed by atoms with Crippen molar-refractivity contribution in [2.75, 3.05) is 18.4 Å². The van der Waals surface area contributed by atoms with E-state index >= 15 is 0 Å². The molecule has 2 aromatic carbocycles. The second kappa shape index (κ2) is 6.35. The van der Waals surface area contributed by atoms with Crippen LogP contribution in [-0.4, -0.2) is 41.3 Å². The van der Waals surface area contributed by atoms with Gasteiger partial charge >= 0.3 is 6.03 Å². The molecule has 5 heteroatoms. The summed E-state index contributed by atoms with van der Waals surface area (Å²) in [6, 6.07) is 20.5. The molecule has 1 fully saturated rings. The van der Waals surface area contributed by atoms with E-state index in [0.29, 0.717) is 19.1 Å². The molecule has 2 heterocycles. The maximum absolute atomic E-state index is 12.7. The number of anilines is 1. The number of nitrogens with zero attached hydrogens (tertiary/aromatic N) is 3. The Hall–Kier alpha value is -2.82. The zero-order valence-electron chi connectivity index (χ0n) is 13.4. The Morgan fingerprint density at radius 2 is 1.67 bits per heavy atom. The van der Waals surface area contributed by atoms with Gasteiger partial charge in [-0.05, 0) is 17.7 Å². The van der Waals surface area contributed by atoms with Crippen LogP contribution >= 0.6 is 0 Å². The minimum absolute atomic E-state index is 0.0104. The van der Waals surface area contributed by atoms with E-state index < -0.39 is 0 Å². The molecule has 0 radical (unpaired) electrons. The summed E-state index contributed by atoms with van der Waals surface area (Å²) in [6.07, 6.45) is 2.60. The third kappa shape index (κ3) is 2.85. The topological polar surface area (TPSA) is 47.9 Å². The van der Waals surface area contributed by atoms with Crippen molar-refractivity contribution in [2.24, 2.45) is 5.10 Å². The molecule has 5 nitrogen and oxygen atoms in total. The fraction of sp³-hybridized carbons (Fsp3) is 0.263. The molecule has 1 N–H and O–H groups in total. The Morgan fingerprint density at radius 3 is 2.38 bits per heavy atom. The maximum atomic E-state index is 12.7. The van der Waals surface area contributed by atoms with Crippen LogP contribution in [0.4, 0.5) is 10.5 Å². The lowest BCUT2D eigenvalue weighted by Gasteiger charge is -2.42. The third-order valence-electron chi connectivity index (χ3n) is 4.51. The van der Waals surface area contributed by atoms with Gasteiger partial charge in [0.25, 0.3) is 0 Å². The summed E-state index contributed by atoms with van der Waals surface area (Å²) in [7, 11) is 0. The van der Waals surface area contributed by atoms with Crippen LogP contribution in [0.3, 0.4) is 0 Å². The van der Waals surface area contributed by atoms with Crippen molar-refractivity contribution >= 4 is 17.9 Å². The first-order valence-corrected chi connectivity index (χ1v) is 8.28. The number of nitrogens with one attached hydrogen (secondary N) is 1. The number of hydrogen-bond donors (Lipinski definition) is 1. The summed E-state index contributed by atoms with van der Waals surface area (Å²) in [4.78, 5) is 14.6. The number of urea groups is 1. The largest absolute Gasteiger partial charge is 0.379 e. The molecule has 2 amide bonds. The van der Waals surface area contributed by atoms with E-state index in [-0.39, 0.29) is 12.1 Å². The van der Waals surface area contributed by atoms with Gasteiger partial charge < -0.3 is 10.2 Å². The second-order valence-corrected chi connectivity index (χ2v) is 6.20. The number of hydrazone groups is 1. The molecule has 24 heavy (non-hydrogen) atoms. The number of hydrogen-bond acceptors (Lipinski definition) is 3. The van der Waals surface area contributed by atoms with E-state index in [1.54, 1.807) is 5.01 Å². The quantitative estimate of drug-likeness (QED) is 0.943. The molecule has 0 spiro atoms. The molecule has 0 saturated carbocycles. The minimum Gasteiger partial charge on any atom is -0.379 e. The number of para-hydroxylation sites is 1. The first-order chi connectivity index (χ1) is 11.8. The van der Waals surface area contributed by atoms with Crippen LogP contribution in [0.25, 0.3) is 0 Å². The Labute approximate surface area is 141 Å². The number of carbonyl (C=O) groups is 1. The number of rotatable bonds is 3. The van der Waals surface area contributed by atoms with Gasteiger partial charge in [-0.3, -0.25) is 0 Å². The highest BCUT2D eigenvalue weighted by Gasteiger charge is 2.37. The van der Waals surface area contributed by atoms with Crippen LogP contribution < -0.4 is 5.32 Å². The van der Waals surface area contributed by atoms with Crippen molar-refractivity contribution in [1.29, 1.82) is 0 Å². The van der Waals surface area contributed by atoms with E-state index in [9.17, 15) is 4.79 Å². The van der Waals surface area contributed by atoms with Crippen LogP contribution in [-0.2, 0) is 0 Å². The zero-order valence-corrected chi connectivity index (χ0v) is 13.4. The SMILES string of the molecule is O=C(N1CC(Nc2ccccc2)C1)N1N=CCC1c1ccccc1. The lowest BCUT2D eigenvalue weighted by molar-refractivity contribution is 0.111. The highest BCUT2D eigenvalue weighted by atomic mass is 16.2. The highest BCUT2D eigenvalue weighted by molar-refractivity contribution is 5.79. The molecule has 1 atom stereocenters. The average Bonchev–Trinajstić information content (AvgIpc) is 3.09. The van der Waals surface area contributed by atoms with Crippen molar-refractivity contribution in [3.63, 3.8) is 0 Å². The van der Waals surface area contributed by atoms with Gasteiger partial charge in [0.1, 0.15) is 0 Å². The van der Waals surface area contributed by atoms with Gasteiger partial charge in [0.15, 0.2) is 0 Å². The van der Waals surface area contributed by atoms with Crippen LogP contribution in [0.5, 0.6) is 0 Å². The molecule has 1 saturated heterocycles. The predicted octanol–water partition coefficient (Wildman–Crippen LogP) is 3.34. The molecule has 122 valence electrons. The van der Waals surface area contributed by atoms with Gasteiger partial charge in [0.2, 0.25) is 0 Å². The van der Waals surface area contributed by atoms with Crippen molar-refractivity contribution in [3.8, 4) is 0 Å². The molecule has 0 aromatic heterocycles. The lowest BCUT2D eigenvalue weighted by atomic mass is 10.0. The summed E-state index contributed by atoms with van der Waals surface area (Å²) in [5.74, 6) is 0. The van der Waals surface area contributed by atoms with E-state index in [1.807, 2.05) is 59.6 Å². The first kappa shape index (κ1) is 14.8. The molecule has 0 bridgehead atoms. The lowest BCUT2D eigenvalue weighted by Crippen LogP contribution is -2.59. The van der Waals surface area contributed by atoms with Crippen molar-refractivity contribution in [3.05, 3.63) is 66.2 Å². The van der Waals surface area contributed by atoms with Crippen LogP contribution in [0.15, 0.2) is 65.8 Å². The number of likely N-dealkylation sites (tertiary alicyclic amines) is 1. The molecule has 0 aliphatic carbocycles. The minimum atomic E-state index is -0.0104. The Balaban J connectivity index is 1.36. The molecule has 1 unspecified atom stereocenters. The zero-order chi connectivity index (χ0) is 16.4. The van der Waals surface area contributed by atoms with Crippen LogP contribution in [0.2, 0.25) is 0 Å². The van der Waals surface area contributed by atoms with Gasteiger partial charge in [-0.1, -0.05) is 48.5 Å². The number of benzene rings is 2.